The molecule has 180 valence electrons. The summed E-state index contributed by atoms with van der Waals surface area (Å²) in [6.07, 6.45) is 3.24. The maximum absolute atomic E-state index is 15.5. The highest BCUT2D eigenvalue weighted by Gasteiger charge is 2.41. The van der Waals surface area contributed by atoms with Crippen LogP contribution in [0.4, 0.5) is 13.2 Å². The molecule has 2 aromatic carbocycles. The topological polar surface area (TPSA) is 45.3 Å². The van der Waals surface area contributed by atoms with Crippen LogP contribution in [-0.2, 0) is 11.2 Å². The predicted octanol–water partition coefficient (Wildman–Crippen LogP) is 6.14. The summed E-state index contributed by atoms with van der Waals surface area (Å²) in [5.74, 6) is -1.03. The van der Waals surface area contributed by atoms with Crippen LogP contribution in [0.3, 0.4) is 0 Å². The number of alkyl halides is 1. The van der Waals surface area contributed by atoms with Crippen molar-refractivity contribution in [2.24, 2.45) is 0 Å². The Morgan fingerprint density at radius 1 is 1.24 bits per heavy atom. The van der Waals surface area contributed by atoms with Crippen LogP contribution in [-0.4, -0.2) is 41.0 Å². The molecule has 0 saturated heterocycles. The molecular weight excluding hydrogens is 441 g/mol. The Balaban J connectivity index is 1.93. The van der Waals surface area contributed by atoms with Gasteiger partial charge in [-0.2, -0.15) is 0 Å². The number of hydrogen-bond donors (Lipinski definition) is 1. The second kappa shape index (κ2) is 8.95. The van der Waals surface area contributed by atoms with Gasteiger partial charge in [0.2, 0.25) is 0 Å². The highest BCUT2D eigenvalue weighted by Crippen LogP contribution is 2.44. The van der Waals surface area contributed by atoms with E-state index in [1.54, 1.807) is 7.11 Å². The largest absolute Gasteiger partial charge is 0.497 e. The van der Waals surface area contributed by atoms with E-state index in [0.717, 1.165) is 16.5 Å². The van der Waals surface area contributed by atoms with Crippen LogP contribution in [0.1, 0.15) is 56.1 Å². The maximum Gasteiger partial charge on any atom is 0.152 e. The molecule has 0 radical (unpaired) electrons. The van der Waals surface area contributed by atoms with Crippen LogP contribution in [0.25, 0.3) is 17.0 Å². The first-order chi connectivity index (χ1) is 16.0. The van der Waals surface area contributed by atoms with E-state index in [-0.39, 0.29) is 29.5 Å². The van der Waals surface area contributed by atoms with E-state index in [9.17, 15) is 9.18 Å². The third-order valence-corrected chi connectivity index (χ3v) is 6.26. The van der Waals surface area contributed by atoms with E-state index >= 15 is 8.78 Å². The van der Waals surface area contributed by atoms with E-state index in [4.69, 9.17) is 4.74 Å². The molecule has 2 atom stereocenters. The number of halogens is 3. The zero-order chi connectivity index (χ0) is 24.8. The number of hydrogen-bond acceptors (Lipinski definition) is 3. The minimum absolute atomic E-state index is 0.00182. The molecule has 0 amide bonds. The number of nitrogens with zero attached hydrogens (tertiary/aromatic N) is 1. The van der Waals surface area contributed by atoms with E-state index in [1.165, 1.54) is 45.1 Å². The monoisotopic (exact) mass is 470 g/mol. The van der Waals surface area contributed by atoms with Gasteiger partial charge in [-0.3, -0.25) is 9.69 Å². The Morgan fingerprint density at radius 3 is 2.50 bits per heavy atom. The quantitative estimate of drug-likeness (QED) is 0.440. The Bertz CT molecular complexity index is 1250. The Kier molecular flexibility index (Phi) is 6.34. The normalized spacial score (nSPS) is 19.1. The van der Waals surface area contributed by atoms with Gasteiger partial charge in [0, 0.05) is 34.7 Å². The number of carbonyl (C=O) groups is 1. The molecule has 0 saturated carbocycles. The van der Waals surface area contributed by atoms with Crippen LogP contribution >= 0.6 is 0 Å². The summed E-state index contributed by atoms with van der Waals surface area (Å²) >= 11 is 0. The van der Waals surface area contributed by atoms with Crippen LogP contribution in [0, 0.1) is 11.6 Å². The van der Waals surface area contributed by atoms with Crippen molar-refractivity contribution >= 4 is 22.8 Å². The zero-order valence-corrected chi connectivity index (χ0v) is 20.0. The smallest absolute Gasteiger partial charge is 0.152 e. The molecule has 7 heteroatoms. The van der Waals surface area contributed by atoms with Gasteiger partial charge >= 0.3 is 0 Å². The van der Waals surface area contributed by atoms with Gasteiger partial charge in [-0.1, -0.05) is 6.08 Å². The van der Waals surface area contributed by atoms with Gasteiger partial charge in [-0.05, 0) is 81.7 Å². The SMILES string of the molecule is COc1ccc2[nH]c3c(c2c1)CC(C)N(CC(C)(C)F)C3c1c(F)cc(/C=C/C(C)=O)cc1F. The van der Waals surface area contributed by atoms with Crippen LogP contribution in [0.5, 0.6) is 5.75 Å². The highest BCUT2D eigenvalue weighted by atomic mass is 19.1. The molecule has 0 fully saturated rings. The van der Waals surface area contributed by atoms with Gasteiger partial charge < -0.3 is 9.72 Å². The van der Waals surface area contributed by atoms with Crippen molar-refractivity contribution in [3.63, 3.8) is 0 Å². The van der Waals surface area contributed by atoms with E-state index in [0.29, 0.717) is 17.9 Å². The summed E-state index contributed by atoms with van der Waals surface area (Å²) < 4.78 is 51.3. The molecule has 0 aliphatic carbocycles. The van der Waals surface area contributed by atoms with Gasteiger partial charge in [-0.25, -0.2) is 13.2 Å². The number of carbonyl (C=O) groups excluding carboxylic acids is 1. The van der Waals surface area contributed by atoms with E-state index in [2.05, 4.69) is 4.98 Å². The predicted molar refractivity (Wildman–Crippen MR) is 128 cm³/mol. The van der Waals surface area contributed by atoms with Gasteiger partial charge in [-0.15, -0.1) is 0 Å². The van der Waals surface area contributed by atoms with Crippen LogP contribution in [0.2, 0.25) is 0 Å². The van der Waals surface area contributed by atoms with Crippen LogP contribution in [0.15, 0.2) is 36.4 Å². The number of H-pyrrole nitrogens is 1. The lowest BCUT2D eigenvalue weighted by Gasteiger charge is -2.43. The molecule has 34 heavy (non-hydrogen) atoms. The minimum Gasteiger partial charge on any atom is -0.497 e. The second-order valence-electron chi connectivity index (χ2n) is 9.62. The third kappa shape index (κ3) is 4.62. The molecule has 1 aromatic heterocycles. The first-order valence-corrected chi connectivity index (χ1v) is 11.3. The first kappa shape index (κ1) is 24.1. The molecule has 1 N–H and O–H groups in total. The molecule has 4 rings (SSSR count). The number of ether oxygens (including phenoxy) is 1. The molecule has 1 aliphatic rings. The number of aromatic nitrogens is 1. The number of methoxy groups -OCH3 is 1. The molecular formula is C27H29F3N2O2. The maximum atomic E-state index is 15.5. The lowest BCUT2D eigenvalue weighted by molar-refractivity contribution is -0.112. The Morgan fingerprint density at radius 2 is 1.91 bits per heavy atom. The van der Waals surface area contributed by atoms with E-state index < -0.39 is 23.3 Å². The molecule has 2 unspecified atom stereocenters. The van der Waals surface area contributed by atoms with Crippen molar-refractivity contribution in [2.75, 3.05) is 13.7 Å². The van der Waals surface area contributed by atoms with Gasteiger partial charge in [0.05, 0.1) is 13.2 Å². The average Bonchev–Trinajstić information content (AvgIpc) is 3.10. The first-order valence-electron chi connectivity index (χ1n) is 11.3. The summed E-state index contributed by atoms with van der Waals surface area (Å²) in [5, 5.41) is 0.923. The lowest BCUT2D eigenvalue weighted by Crippen LogP contribution is -2.48. The van der Waals surface area contributed by atoms with Crippen molar-refractivity contribution in [2.45, 2.75) is 51.9 Å². The molecule has 0 spiro atoms. The van der Waals surface area contributed by atoms with Gasteiger partial charge in [0.15, 0.2) is 5.78 Å². The number of nitrogens with one attached hydrogen (secondary N) is 1. The van der Waals surface area contributed by atoms with Crippen LogP contribution < -0.4 is 4.74 Å². The number of rotatable bonds is 6. The molecule has 1 aliphatic heterocycles. The molecule has 2 heterocycles. The van der Waals surface area contributed by atoms with Crippen molar-refractivity contribution in [3.8, 4) is 5.75 Å². The highest BCUT2D eigenvalue weighted by molar-refractivity contribution is 5.91. The fraction of sp³-hybridized carbons (Fsp3) is 0.370. The Hall–Kier alpha value is -3.06. The van der Waals surface area contributed by atoms with Crippen molar-refractivity contribution < 1.29 is 22.7 Å². The summed E-state index contributed by atoms with van der Waals surface area (Å²) in [7, 11) is 1.59. The van der Waals surface area contributed by atoms with Crippen molar-refractivity contribution in [3.05, 3.63) is 70.4 Å². The molecule has 4 nitrogen and oxygen atoms in total. The number of benzene rings is 2. The Labute approximate surface area is 197 Å². The number of allylic oxidation sites excluding steroid dienone is 1. The average molecular weight is 471 g/mol. The summed E-state index contributed by atoms with van der Waals surface area (Å²) in [5.41, 5.74) is 0.948. The molecule has 0 bridgehead atoms. The standard InChI is InChI=1S/C27H29F3N2O2/c1-15-10-20-19-13-18(34-5)8-9-23(19)31-25(20)26(32(15)14-27(3,4)30)24-21(28)11-17(12-22(24)29)7-6-16(2)33/h6-9,11-13,15,26,31H,10,14H2,1-5H3/b7-6+. The number of ketones is 1. The fourth-order valence-electron chi connectivity index (χ4n) is 4.83. The number of aromatic amines is 1. The summed E-state index contributed by atoms with van der Waals surface area (Å²) in [6, 6.07) is 7.00. The second-order valence-corrected chi connectivity index (χ2v) is 9.62. The number of fused-ring (bicyclic) bond motifs is 3. The zero-order valence-electron chi connectivity index (χ0n) is 20.0. The van der Waals surface area contributed by atoms with Crippen molar-refractivity contribution in [1.29, 1.82) is 0 Å². The lowest BCUT2D eigenvalue weighted by atomic mass is 9.87. The summed E-state index contributed by atoms with van der Waals surface area (Å²) in [4.78, 5) is 16.4. The minimum atomic E-state index is -1.57. The van der Waals surface area contributed by atoms with Gasteiger partial charge in [0.25, 0.3) is 0 Å². The molecule has 3 aromatic rings. The fourth-order valence-corrected chi connectivity index (χ4v) is 4.83. The van der Waals surface area contributed by atoms with E-state index in [1.807, 2.05) is 30.0 Å². The van der Waals surface area contributed by atoms with Gasteiger partial charge in [0.1, 0.15) is 23.1 Å². The summed E-state index contributed by atoms with van der Waals surface area (Å²) in [6.45, 7) is 6.24. The van der Waals surface area contributed by atoms with Crippen molar-refractivity contribution in [1.82, 2.24) is 9.88 Å². The third-order valence-electron chi connectivity index (χ3n) is 6.26.